The second-order valence-corrected chi connectivity index (χ2v) is 5.75. The van der Waals surface area contributed by atoms with Gasteiger partial charge in [-0.3, -0.25) is 4.79 Å². The number of rotatable bonds is 8. The van der Waals surface area contributed by atoms with Crippen LogP contribution in [0.25, 0.3) is 10.9 Å². The predicted molar refractivity (Wildman–Crippen MR) is 86.3 cm³/mol. The molecule has 4 nitrogen and oxygen atoms in total. The molecular weight excluding hydrogens is 334 g/mol. The molecule has 0 unspecified atom stereocenters. The first kappa shape index (κ1) is 16.0. The molecule has 2 aromatic rings. The average molecular weight is 354 g/mol. The number of hydrogen-bond donors (Lipinski definition) is 0. The van der Waals surface area contributed by atoms with Crippen molar-refractivity contribution in [2.24, 2.45) is 0 Å². The van der Waals surface area contributed by atoms with Crippen LogP contribution in [0.1, 0.15) is 19.8 Å². The van der Waals surface area contributed by atoms with E-state index in [1.54, 1.807) is 0 Å². The van der Waals surface area contributed by atoms with Gasteiger partial charge in [-0.15, -0.1) is 0 Å². The van der Waals surface area contributed by atoms with Crippen molar-refractivity contribution in [3.05, 3.63) is 34.9 Å². The van der Waals surface area contributed by atoms with Crippen molar-refractivity contribution in [3.63, 3.8) is 0 Å². The third kappa shape index (κ3) is 4.86. The van der Waals surface area contributed by atoms with Gasteiger partial charge in [-0.1, -0.05) is 29.3 Å². The fourth-order valence-electron chi connectivity index (χ4n) is 2.06. The Kier molecular flexibility index (Phi) is 6.26. The number of halogens is 1. The summed E-state index contributed by atoms with van der Waals surface area (Å²) in [5, 5.41) is 1.10. The second-order valence-electron chi connectivity index (χ2n) is 4.83. The molecule has 1 heterocycles. The minimum atomic E-state index is -0.241. The summed E-state index contributed by atoms with van der Waals surface area (Å²) in [4.78, 5) is 11.8. The summed E-state index contributed by atoms with van der Waals surface area (Å²) in [6.45, 7) is 3.84. The number of aromatic nitrogens is 1. The minimum absolute atomic E-state index is 0.222. The normalized spacial score (nSPS) is 11.0. The predicted octanol–water partition coefficient (Wildman–Crippen LogP) is 3.76. The van der Waals surface area contributed by atoms with E-state index in [4.69, 9.17) is 9.47 Å². The van der Waals surface area contributed by atoms with Gasteiger partial charge in [0.1, 0.15) is 13.2 Å². The number of hydrogen-bond acceptors (Lipinski definition) is 3. The Bertz CT molecular complexity index is 594. The van der Waals surface area contributed by atoms with E-state index >= 15 is 0 Å². The third-order valence-electron chi connectivity index (χ3n) is 3.17. The lowest BCUT2D eigenvalue weighted by atomic mass is 10.2. The quantitative estimate of drug-likeness (QED) is 0.535. The first-order valence-corrected chi connectivity index (χ1v) is 7.97. The Balaban J connectivity index is 1.79. The maximum Gasteiger partial charge on any atom is 0.326 e. The topological polar surface area (TPSA) is 40.5 Å². The molecule has 0 atom stereocenters. The van der Waals surface area contributed by atoms with Gasteiger partial charge >= 0.3 is 5.97 Å². The number of esters is 1. The molecule has 21 heavy (non-hydrogen) atoms. The van der Waals surface area contributed by atoms with Gasteiger partial charge in [0.25, 0.3) is 0 Å². The lowest BCUT2D eigenvalue weighted by Crippen LogP contribution is -2.16. The van der Waals surface area contributed by atoms with Crippen molar-refractivity contribution in [3.8, 4) is 0 Å². The molecule has 0 fully saturated rings. The molecule has 0 saturated heterocycles. The zero-order chi connectivity index (χ0) is 15.1. The Hall–Kier alpha value is -1.33. The van der Waals surface area contributed by atoms with Crippen molar-refractivity contribution in [2.45, 2.75) is 26.3 Å². The van der Waals surface area contributed by atoms with Crippen LogP contribution >= 0.6 is 15.9 Å². The number of unbranched alkanes of at least 4 members (excludes halogenated alkanes) is 1. The summed E-state index contributed by atoms with van der Waals surface area (Å²) < 4.78 is 13.4. The molecule has 2 rings (SSSR count). The van der Waals surface area contributed by atoms with E-state index in [2.05, 4.69) is 22.9 Å². The molecule has 1 aromatic heterocycles. The monoisotopic (exact) mass is 353 g/mol. The Labute approximate surface area is 133 Å². The summed E-state index contributed by atoms with van der Waals surface area (Å²) in [7, 11) is 0. The number of nitrogens with zero attached hydrogens (tertiary/aromatic N) is 1. The van der Waals surface area contributed by atoms with Crippen LogP contribution in [0.15, 0.2) is 34.9 Å². The summed E-state index contributed by atoms with van der Waals surface area (Å²) >= 11 is 3.44. The van der Waals surface area contributed by atoms with E-state index in [0.29, 0.717) is 13.2 Å². The maximum absolute atomic E-state index is 11.8. The number of ether oxygens (including phenoxy) is 2. The van der Waals surface area contributed by atoms with Gasteiger partial charge in [-0.05, 0) is 30.7 Å². The van der Waals surface area contributed by atoms with E-state index in [1.807, 2.05) is 35.0 Å². The summed E-state index contributed by atoms with van der Waals surface area (Å²) in [6, 6.07) is 7.96. The summed E-state index contributed by atoms with van der Waals surface area (Å²) in [5.74, 6) is -0.241. The molecular formula is C16H20BrNO3. The molecule has 114 valence electrons. The van der Waals surface area contributed by atoms with E-state index in [1.165, 1.54) is 0 Å². The largest absolute Gasteiger partial charge is 0.462 e. The first-order chi connectivity index (χ1) is 10.2. The Morgan fingerprint density at radius 1 is 1.24 bits per heavy atom. The highest BCUT2D eigenvalue weighted by molar-refractivity contribution is 9.10. The van der Waals surface area contributed by atoms with Gasteiger partial charge in [-0.25, -0.2) is 0 Å². The van der Waals surface area contributed by atoms with Crippen LogP contribution in [0.4, 0.5) is 0 Å². The van der Waals surface area contributed by atoms with Gasteiger partial charge in [0.2, 0.25) is 0 Å². The Morgan fingerprint density at radius 2 is 2.10 bits per heavy atom. The molecule has 0 bridgehead atoms. The van der Waals surface area contributed by atoms with E-state index in [-0.39, 0.29) is 12.5 Å². The van der Waals surface area contributed by atoms with Crippen LogP contribution < -0.4 is 0 Å². The third-order valence-corrected chi connectivity index (χ3v) is 3.66. The number of benzene rings is 1. The van der Waals surface area contributed by atoms with Crippen molar-refractivity contribution in [2.75, 3.05) is 19.8 Å². The molecule has 0 aliphatic rings. The maximum atomic E-state index is 11.8. The van der Waals surface area contributed by atoms with Gasteiger partial charge in [-0.2, -0.15) is 0 Å². The molecule has 0 amide bonds. The molecule has 0 N–H and O–H groups in total. The summed E-state index contributed by atoms with van der Waals surface area (Å²) in [5.41, 5.74) is 1.02. The van der Waals surface area contributed by atoms with Crippen LogP contribution in [0, 0.1) is 0 Å². The van der Waals surface area contributed by atoms with Crippen LogP contribution in [-0.2, 0) is 20.8 Å². The number of carbonyl (C=O) groups is 1. The molecule has 0 spiro atoms. The highest BCUT2D eigenvalue weighted by Crippen LogP contribution is 2.20. The van der Waals surface area contributed by atoms with Gasteiger partial charge in [0.15, 0.2) is 0 Å². The zero-order valence-corrected chi connectivity index (χ0v) is 13.8. The number of fused-ring (bicyclic) bond motifs is 1. The van der Waals surface area contributed by atoms with Crippen molar-refractivity contribution in [1.82, 2.24) is 4.57 Å². The van der Waals surface area contributed by atoms with E-state index in [0.717, 1.165) is 34.8 Å². The van der Waals surface area contributed by atoms with E-state index in [9.17, 15) is 4.79 Å². The zero-order valence-electron chi connectivity index (χ0n) is 12.2. The molecule has 0 aliphatic carbocycles. The molecule has 0 saturated carbocycles. The van der Waals surface area contributed by atoms with Gasteiger partial charge < -0.3 is 14.0 Å². The van der Waals surface area contributed by atoms with Crippen molar-refractivity contribution < 1.29 is 14.3 Å². The minimum Gasteiger partial charge on any atom is -0.462 e. The fourth-order valence-corrected chi connectivity index (χ4v) is 2.44. The smallest absolute Gasteiger partial charge is 0.326 e. The van der Waals surface area contributed by atoms with Crippen LogP contribution in [-0.4, -0.2) is 30.4 Å². The van der Waals surface area contributed by atoms with Crippen molar-refractivity contribution in [1.29, 1.82) is 0 Å². The van der Waals surface area contributed by atoms with E-state index < -0.39 is 0 Å². The fraction of sp³-hybridized carbons (Fsp3) is 0.438. The van der Waals surface area contributed by atoms with Gasteiger partial charge in [0.05, 0.1) is 6.61 Å². The first-order valence-electron chi connectivity index (χ1n) is 7.18. The molecule has 5 heteroatoms. The van der Waals surface area contributed by atoms with Crippen molar-refractivity contribution >= 4 is 32.8 Å². The second kappa shape index (κ2) is 8.20. The lowest BCUT2D eigenvalue weighted by Gasteiger charge is -2.07. The lowest BCUT2D eigenvalue weighted by molar-refractivity contribution is -0.145. The Morgan fingerprint density at radius 3 is 2.90 bits per heavy atom. The van der Waals surface area contributed by atoms with Crippen LogP contribution in [0.3, 0.4) is 0 Å². The van der Waals surface area contributed by atoms with Crippen LogP contribution in [0.2, 0.25) is 0 Å². The highest BCUT2D eigenvalue weighted by atomic mass is 79.9. The molecule has 0 radical (unpaired) electrons. The highest BCUT2D eigenvalue weighted by Gasteiger charge is 2.07. The van der Waals surface area contributed by atoms with Gasteiger partial charge in [0, 0.05) is 28.2 Å². The number of carbonyl (C=O) groups excluding carboxylic acids is 1. The standard InChI is InChI=1S/C16H20BrNO3/c1-2-3-8-20-9-10-21-16(19)12-18-7-6-13-11-14(17)4-5-15(13)18/h4-7,11H,2-3,8-10,12H2,1H3. The molecule has 1 aromatic carbocycles. The summed E-state index contributed by atoms with van der Waals surface area (Å²) in [6.07, 6.45) is 4.05. The molecule has 0 aliphatic heterocycles. The van der Waals surface area contributed by atoms with Crippen LogP contribution in [0.5, 0.6) is 0 Å². The SMILES string of the molecule is CCCCOCCOC(=O)Cn1ccc2cc(Br)ccc21. The average Bonchev–Trinajstić information content (AvgIpc) is 2.85.